The normalized spacial score (nSPS) is 16.2. The van der Waals surface area contributed by atoms with Gasteiger partial charge in [0.2, 0.25) is 5.91 Å². The molecule has 144 valence electrons. The summed E-state index contributed by atoms with van der Waals surface area (Å²) in [7, 11) is 0. The molecule has 0 bridgehead atoms. The van der Waals surface area contributed by atoms with Gasteiger partial charge >= 0.3 is 6.18 Å². The number of ether oxygens (including phenoxy) is 1. The van der Waals surface area contributed by atoms with Crippen LogP contribution in [0.25, 0.3) is 5.69 Å². The van der Waals surface area contributed by atoms with Gasteiger partial charge in [-0.05, 0) is 36.8 Å². The molecule has 1 aliphatic heterocycles. The number of nitrogens with zero attached hydrogens (tertiary/aromatic N) is 2. The Hall–Kier alpha value is -3.29. The van der Waals surface area contributed by atoms with E-state index in [0.29, 0.717) is 24.5 Å². The number of alkyl halides is 3. The number of carbonyl (C=O) groups excluding carboxylic acids is 1. The lowest BCUT2D eigenvalue weighted by Gasteiger charge is -2.25. The third-order valence-corrected chi connectivity index (χ3v) is 4.61. The van der Waals surface area contributed by atoms with Crippen LogP contribution >= 0.6 is 0 Å². The zero-order valence-corrected chi connectivity index (χ0v) is 14.6. The molecule has 1 atom stereocenters. The van der Waals surface area contributed by atoms with Gasteiger partial charge in [0.05, 0.1) is 29.5 Å². The minimum absolute atomic E-state index is 0.0486. The van der Waals surface area contributed by atoms with E-state index >= 15 is 0 Å². The number of hydrogen-bond donors (Lipinski definition) is 1. The Morgan fingerprint density at radius 3 is 2.75 bits per heavy atom. The Morgan fingerprint density at radius 1 is 1.18 bits per heavy atom. The molecule has 0 spiro atoms. The number of rotatable bonds is 3. The highest BCUT2D eigenvalue weighted by atomic mass is 19.4. The van der Waals surface area contributed by atoms with Gasteiger partial charge in [-0.25, -0.2) is 4.68 Å². The number of carbonyl (C=O) groups is 1. The lowest BCUT2D eigenvalue weighted by Crippen LogP contribution is -2.27. The van der Waals surface area contributed by atoms with Crippen LogP contribution in [0.4, 0.5) is 18.9 Å². The molecule has 1 amide bonds. The van der Waals surface area contributed by atoms with E-state index in [0.717, 1.165) is 17.7 Å². The monoisotopic (exact) mass is 387 g/mol. The zero-order chi connectivity index (χ0) is 19.7. The van der Waals surface area contributed by atoms with Crippen molar-refractivity contribution in [2.24, 2.45) is 0 Å². The van der Waals surface area contributed by atoms with Crippen LogP contribution in [0.15, 0.2) is 60.9 Å². The fraction of sp³-hybridized carbons (Fsp3) is 0.200. The van der Waals surface area contributed by atoms with E-state index in [1.165, 1.54) is 16.9 Å². The van der Waals surface area contributed by atoms with E-state index < -0.39 is 17.7 Å². The molecule has 8 heteroatoms. The van der Waals surface area contributed by atoms with Crippen molar-refractivity contribution >= 4 is 11.6 Å². The molecule has 1 unspecified atom stereocenters. The van der Waals surface area contributed by atoms with E-state index in [1.54, 1.807) is 30.5 Å². The van der Waals surface area contributed by atoms with Gasteiger partial charge in [-0.1, -0.05) is 18.2 Å². The summed E-state index contributed by atoms with van der Waals surface area (Å²) < 4.78 is 46.5. The van der Waals surface area contributed by atoms with E-state index in [-0.39, 0.29) is 11.6 Å². The molecule has 0 saturated carbocycles. The molecule has 28 heavy (non-hydrogen) atoms. The molecule has 1 N–H and O–H groups in total. The Labute approximate surface area is 158 Å². The second kappa shape index (κ2) is 7.03. The Bertz CT molecular complexity index is 1000. The van der Waals surface area contributed by atoms with Crippen LogP contribution in [0, 0.1) is 0 Å². The van der Waals surface area contributed by atoms with Crippen LogP contribution in [-0.4, -0.2) is 22.3 Å². The molecule has 4 rings (SSSR count). The maximum atomic E-state index is 13.2. The molecule has 2 aromatic carbocycles. The minimum atomic E-state index is -4.52. The van der Waals surface area contributed by atoms with E-state index in [1.807, 2.05) is 6.07 Å². The standard InChI is InChI=1S/C20H16F3N3O2/c21-20(22,23)13-6-7-17(26-10-3-9-24-26)16(12-13)25-19(27)15-8-11-28-18-5-2-1-4-14(15)18/h1-7,9-10,12,15H,8,11H2,(H,25,27). The maximum Gasteiger partial charge on any atom is 0.416 e. The quantitative estimate of drug-likeness (QED) is 0.725. The predicted molar refractivity (Wildman–Crippen MR) is 96.5 cm³/mol. The van der Waals surface area contributed by atoms with Crippen LogP contribution in [0.1, 0.15) is 23.5 Å². The number of halogens is 3. The largest absolute Gasteiger partial charge is 0.493 e. The van der Waals surface area contributed by atoms with Gasteiger partial charge in [0, 0.05) is 18.0 Å². The molecule has 0 saturated heterocycles. The first-order valence-electron chi connectivity index (χ1n) is 8.67. The summed E-state index contributed by atoms with van der Waals surface area (Å²) in [4.78, 5) is 12.9. The third kappa shape index (κ3) is 3.45. The van der Waals surface area contributed by atoms with Crippen molar-refractivity contribution < 1.29 is 22.7 Å². The van der Waals surface area contributed by atoms with Gasteiger partial charge in [0.1, 0.15) is 5.75 Å². The summed E-state index contributed by atoms with van der Waals surface area (Å²) in [5.74, 6) is -0.279. The molecule has 0 fully saturated rings. The molecule has 2 heterocycles. The Kier molecular flexibility index (Phi) is 4.54. The average Bonchev–Trinajstić information content (AvgIpc) is 3.21. The van der Waals surface area contributed by atoms with Gasteiger partial charge < -0.3 is 10.1 Å². The lowest BCUT2D eigenvalue weighted by molar-refractivity contribution is -0.137. The van der Waals surface area contributed by atoms with Crippen molar-refractivity contribution in [3.8, 4) is 11.4 Å². The minimum Gasteiger partial charge on any atom is -0.493 e. The van der Waals surface area contributed by atoms with Crippen LogP contribution in [0.3, 0.4) is 0 Å². The summed E-state index contributed by atoms with van der Waals surface area (Å²) >= 11 is 0. The van der Waals surface area contributed by atoms with Crippen LogP contribution in [-0.2, 0) is 11.0 Å². The van der Waals surface area contributed by atoms with Gasteiger partial charge in [-0.3, -0.25) is 4.79 Å². The first-order chi connectivity index (χ1) is 13.4. The van der Waals surface area contributed by atoms with Crippen molar-refractivity contribution in [2.75, 3.05) is 11.9 Å². The number of hydrogen-bond acceptors (Lipinski definition) is 3. The zero-order valence-electron chi connectivity index (χ0n) is 14.6. The van der Waals surface area contributed by atoms with E-state index in [2.05, 4.69) is 10.4 Å². The van der Waals surface area contributed by atoms with Gasteiger partial charge in [0.15, 0.2) is 0 Å². The number of para-hydroxylation sites is 1. The molecule has 1 aromatic heterocycles. The number of anilines is 1. The second-order valence-corrected chi connectivity index (χ2v) is 6.40. The summed E-state index contributed by atoms with van der Waals surface area (Å²) in [5, 5.41) is 6.73. The van der Waals surface area contributed by atoms with Crippen molar-refractivity contribution in [3.05, 3.63) is 72.1 Å². The summed E-state index contributed by atoms with van der Waals surface area (Å²) in [5.41, 5.74) is 0.282. The SMILES string of the molecule is O=C(Nc1cc(C(F)(F)F)ccc1-n1cccn1)C1CCOc2ccccc21. The van der Waals surface area contributed by atoms with E-state index in [4.69, 9.17) is 4.74 Å². The Balaban J connectivity index is 1.70. The third-order valence-electron chi connectivity index (χ3n) is 4.61. The number of benzene rings is 2. The number of fused-ring (bicyclic) bond motifs is 1. The predicted octanol–water partition coefficient (Wildman–Crippen LogP) is 4.40. The highest BCUT2D eigenvalue weighted by Gasteiger charge is 2.32. The molecule has 0 radical (unpaired) electrons. The fourth-order valence-electron chi connectivity index (χ4n) is 3.26. The van der Waals surface area contributed by atoms with Crippen LogP contribution in [0.2, 0.25) is 0 Å². The fourth-order valence-corrected chi connectivity index (χ4v) is 3.26. The van der Waals surface area contributed by atoms with Gasteiger partial charge in [-0.15, -0.1) is 0 Å². The second-order valence-electron chi connectivity index (χ2n) is 6.40. The number of nitrogens with one attached hydrogen (secondary N) is 1. The van der Waals surface area contributed by atoms with Crippen LogP contribution in [0.5, 0.6) is 5.75 Å². The first-order valence-corrected chi connectivity index (χ1v) is 8.67. The molecule has 5 nitrogen and oxygen atoms in total. The number of aromatic nitrogens is 2. The lowest BCUT2D eigenvalue weighted by atomic mass is 9.92. The van der Waals surface area contributed by atoms with Crippen LogP contribution < -0.4 is 10.1 Å². The summed E-state index contributed by atoms with van der Waals surface area (Å²) in [6, 6.07) is 12.0. The smallest absolute Gasteiger partial charge is 0.416 e. The molecule has 0 aliphatic carbocycles. The molecular formula is C20H16F3N3O2. The molecule has 1 aliphatic rings. The van der Waals surface area contributed by atoms with Crippen molar-refractivity contribution in [3.63, 3.8) is 0 Å². The van der Waals surface area contributed by atoms with E-state index in [9.17, 15) is 18.0 Å². The van der Waals surface area contributed by atoms with Gasteiger partial charge in [-0.2, -0.15) is 18.3 Å². The molecule has 3 aromatic rings. The number of amides is 1. The summed E-state index contributed by atoms with van der Waals surface area (Å²) in [6.45, 7) is 0.365. The van der Waals surface area contributed by atoms with Crippen molar-refractivity contribution in [2.45, 2.75) is 18.5 Å². The first kappa shape index (κ1) is 18.1. The summed E-state index contributed by atoms with van der Waals surface area (Å²) in [6.07, 6.45) is -0.966. The maximum absolute atomic E-state index is 13.2. The topological polar surface area (TPSA) is 56.2 Å². The van der Waals surface area contributed by atoms with Gasteiger partial charge in [0.25, 0.3) is 0 Å². The molecular weight excluding hydrogens is 371 g/mol. The highest BCUT2D eigenvalue weighted by molar-refractivity contribution is 5.98. The van der Waals surface area contributed by atoms with Crippen molar-refractivity contribution in [1.82, 2.24) is 9.78 Å². The highest BCUT2D eigenvalue weighted by Crippen LogP contribution is 2.36. The van der Waals surface area contributed by atoms with Crippen molar-refractivity contribution in [1.29, 1.82) is 0 Å². The average molecular weight is 387 g/mol. The Morgan fingerprint density at radius 2 is 2.00 bits per heavy atom.